The van der Waals surface area contributed by atoms with Crippen LogP contribution in [0.25, 0.3) is 0 Å². The molecule has 1 aliphatic heterocycles. The normalized spacial score (nSPS) is 20.4. The summed E-state index contributed by atoms with van der Waals surface area (Å²) in [7, 11) is 0. The van der Waals surface area contributed by atoms with E-state index in [1.807, 2.05) is 0 Å². The molecule has 2 rings (SSSR count). The third-order valence-corrected chi connectivity index (χ3v) is 4.18. The molecule has 1 atom stereocenters. The van der Waals surface area contributed by atoms with Gasteiger partial charge in [0.25, 0.3) is 5.91 Å². The molecule has 9 heteroatoms. The zero-order valence-corrected chi connectivity index (χ0v) is 13.3. The van der Waals surface area contributed by atoms with E-state index in [0.29, 0.717) is 5.56 Å². The smallest absolute Gasteiger partial charge is 0.406 e. The maximum atomic E-state index is 13.1. The molecule has 1 aromatic carbocycles. The van der Waals surface area contributed by atoms with E-state index in [1.54, 1.807) is 12.1 Å². The summed E-state index contributed by atoms with van der Waals surface area (Å²) >= 11 is 0. The molecule has 0 radical (unpaired) electrons. The van der Waals surface area contributed by atoms with Gasteiger partial charge < -0.3 is 14.7 Å². The number of carbonyl (C=O) groups excluding carboxylic acids is 2. The summed E-state index contributed by atoms with van der Waals surface area (Å²) in [5.41, 5.74) is -2.58. The number of carbonyl (C=O) groups is 3. The monoisotopic (exact) mass is 359 g/mol. The molecule has 0 aromatic heterocycles. The number of ether oxygens (including phenoxy) is 1. The number of carboxylic acid groups (broad SMARTS) is 1. The number of Topliss-reactive ketones (excluding diaryl/α,β-unsaturated/α-hetero) is 1. The first-order valence-corrected chi connectivity index (χ1v) is 7.38. The minimum atomic E-state index is -4.95. The second-order valence-electron chi connectivity index (χ2n) is 5.82. The molecule has 1 heterocycles. The summed E-state index contributed by atoms with van der Waals surface area (Å²) < 4.78 is 44.5. The third-order valence-electron chi connectivity index (χ3n) is 4.18. The van der Waals surface area contributed by atoms with Crippen molar-refractivity contribution < 1.29 is 37.4 Å². The minimum Gasteiger partial charge on any atom is -0.484 e. The van der Waals surface area contributed by atoms with Gasteiger partial charge in [0.2, 0.25) is 0 Å². The molecule has 0 spiro atoms. The number of amides is 1. The van der Waals surface area contributed by atoms with Gasteiger partial charge in [-0.1, -0.05) is 12.1 Å². The second-order valence-corrected chi connectivity index (χ2v) is 5.82. The lowest BCUT2D eigenvalue weighted by atomic mass is 9.86. The molecule has 1 fully saturated rings. The Labute approximate surface area is 141 Å². The zero-order valence-electron chi connectivity index (χ0n) is 13.3. The van der Waals surface area contributed by atoms with Crippen LogP contribution in [0, 0.1) is 5.41 Å². The van der Waals surface area contributed by atoms with E-state index in [2.05, 4.69) is 0 Å². The topological polar surface area (TPSA) is 83.9 Å². The van der Waals surface area contributed by atoms with Gasteiger partial charge in [0, 0.05) is 18.7 Å². The Morgan fingerprint density at radius 1 is 1.32 bits per heavy atom. The number of hydrogen-bond acceptors (Lipinski definition) is 4. The summed E-state index contributed by atoms with van der Waals surface area (Å²) in [6.45, 7) is -0.449. The number of halogens is 3. The van der Waals surface area contributed by atoms with Crippen molar-refractivity contribution >= 4 is 17.7 Å². The van der Waals surface area contributed by atoms with Gasteiger partial charge in [-0.25, -0.2) is 0 Å². The highest BCUT2D eigenvalue weighted by Crippen LogP contribution is 2.45. The molecule has 6 nitrogen and oxygen atoms in total. The Morgan fingerprint density at radius 2 is 2.00 bits per heavy atom. The molecular weight excluding hydrogens is 343 g/mol. The van der Waals surface area contributed by atoms with Gasteiger partial charge >= 0.3 is 12.1 Å². The van der Waals surface area contributed by atoms with Crippen molar-refractivity contribution in [2.24, 2.45) is 5.41 Å². The standard InChI is InChI=1S/C16H16F3NO5/c1-10(21)11-3-2-4-12(7-11)25-8-13(22)20-6-5-15(9-20,14(23)24)16(17,18)19/h2-4,7H,5-6,8-9H2,1H3,(H,23,24). The van der Waals surface area contributed by atoms with Crippen LogP contribution in [0.5, 0.6) is 5.75 Å². The van der Waals surface area contributed by atoms with E-state index in [0.717, 1.165) is 4.90 Å². The Bertz CT molecular complexity index is 703. The SMILES string of the molecule is CC(=O)c1cccc(OCC(=O)N2CCC(C(=O)O)(C(F)(F)F)C2)c1. The molecule has 25 heavy (non-hydrogen) atoms. The molecule has 1 aliphatic rings. The van der Waals surface area contributed by atoms with Crippen LogP contribution in [0.15, 0.2) is 24.3 Å². The first kappa shape index (κ1) is 18.8. The average Bonchev–Trinajstić information content (AvgIpc) is 2.99. The van der Waals surface area contributed by atoms with Gasteiger partial charge in [0.05, 0.1) is 0 Å². The van der Waals surface area contributed by atoms with Crippen molar-refractivity contribution in [2.45, 2.75) is 19.5 Å². The molecule has 136 valence electrons. The lowest BCUT2D eigenvalue weighted by Gasteiger charge is -2.27. The number of alkyl halides is 3. The van der Waals surface area contributed by atoms with Crippen LogP contribution in [0.2, 0.25) is 0 Å². The number of rotatable bonds is 5. The lowest BCUT2D eigenvalue weighted by molar-refractivity contribution is -0.227. The molecule has 1 amide bonds. The summed E-state index contributed by atoms with van der Waals surface area (Å²) in [5.74, 6) is -2.72. The van der Waals surface area contributed by atoms with Crippen LogP contribution >= 0.6 is 0 Å². The third kappa shape index (κ3) is 3.75. The van der Waals surface area contributed by atoms with E-state index >= 15 is 0 Å². The van der Waals surface area contributed by atoms with Crippen LogP contribution in [-0.4, -0.2) is 53.5 Å². The van der Waals surface area contributed by atoms with E-state index in [4.69, 9.17) is 9.84 Å². The Hall–Kier alpha value is -2.58. The molecular formula is C16H16F3NO5. The number of ketones is 1. The first-order valence-electron chi connectivity index (χ1n) is 7.38. The van der Waals surface area contributed by atoms with Crippen molar-refractivity contribution in [3.8, 4) is 5.75 Å². The number of hydrogen-bond donors (Lipinski definition) is 1. The predicted molar refractivity (Wildman–Crippen MR) is 79.3 cm³/mol. The number of nitrogens with zero attached hydrogens (tertiary/aromatic N) is 1. The van der Waals surface area contributed by atoms with Gasteiger partial charge in [-0.05, 0) is 25.5 Å². The lowest BCUT2D eigenvalue weighted by Crippen LogP contribution is -2.48. The van der Waals surface area contributed by atoms with Crippen LogP contribution in [0.4, 0.5) is 13.2 Å². The van der Waals surface area contributed by atoms with Crippen LogP contribution in [0.1, 0.15) is 23.7 Å². The number of likely N-dealkylation sites (tertiary alicyclic amines) is 1. The summed E-state index contributed by atoms with van der Waals surface area (Å²) in [6, 6.07) is 6.02. The van der Waals surface area contributed by atoms with Crippen molar-refractivity contribution in [3.63, 3.8) is 0 Å². The quantitative estimate of drug-likeness (QED) is 0.815. The predicted octanol–water partition coefficient (Wildman–Crippen LogP) is 2.13. The van der Waals surface area contributed by atoms with Gasteiger partial charge in [0.15, 0.2) is 17.8 Å². The molecule has 1 aromatic rings. The molecule has 0 bridgehead atoms. The van der Waals surface area contributed by atoms with Crippen molar-refractivity contribution in [1.82, 2.24) is 4.90 Å². The summed E-state index contributed by atoms with van der Waals surface area (Å²) in [6.07, 6.45) is -5.65. The second kappa shape index (κ2) is 6.73. The average molecular weight is 359 g/mol. The highest BCUT2D eigenvalue weighted by atomic mass is 19.4. The fourth-order valence-corrected chi connectivity index (χ4v) is 2.59. The fraction of sp³-hybridized carbons (Fsp3) is 0.438. The van der Waals surface area contributed by atoms with Gasteiger partial charge in [-0.3, -0.25) is 14.4 Å². The van der Waals surface area contributed by atoms with Crippen molar-refractivity contribution in [3.05, 3.63) is 29.8 Å². The van der Waals surface area contributed by atoms with Gasteiger partial charge in [-0.15, -0.1) is 0 Å². The van der Waals surface area contributed by atoms with Crippen molar-refractivity contribution in [1.29, 1.82) is 0 Å². The Morgan fingerprint density at radius 3 is 2.52 bits per heavy atom. The van der Waals surface area contributed by atoms with Crippen LogP contribution in [-0.2, 0) is 9.59 Å². The molecule has 0 saturated carbocycles. The Kier molecular flexibility index (Phi) is 5.05. The highest BCUT2D eigenvalue weighted by Gasteiger charge is 2.64. The highest BCUT2D eigenvalue weighted by molar-refractivity contribution is 5.94. The Balaban J connectivity index is 2.02. The number of aliphatic carboxylic acids is 1. The fourth-order valence-electron chi connectivity index (χ4n) is 2.59. The van der Waals surface area contributed by atoms with E-state index in [9.17, 15) is 27.6 Å². The van der Waals surface area contributed by atoms with Gasteiger partial charge in [-0.2, -0.15) is 13.2 Å². The summed E-state index contributed by atoms with van der Waals surface area (Å²) in [5, 5.41) is 8.97. The van der Waals surface area contributed by atoms with Crippen LogP contribution in [0.3, 0.4) is 0 Å². The molecule has 1 saturated heterocycles. The van der Waals surface area contributed by atoms with Crippen molar-refractivity contribution in [2.75, 3.05) is 19.7 Å². The number of benzene rings is 1. The molecule has 0 aliphatic carbocycles. The van der Waals surface area contributed by atoms with Crippen LogP contribution < -0.4 is 4.74 Å². The minimum absolute atomic E-state index is 0.201. The summed E-state index contributed by atoms with van der Waals surface area (Å²) in [4.78, 5) is 35.3. The number of carboxylic acids is 1. The maximum absolute atomic E-state index is 13.1. The largest absolute Gasteiger partial charge is 0.484 e. The maximum Gasteiger partial charge on any atom is 0.406 e. The van der Waals surface area contributed by atoms with Gasteiger partial charge in [0.1, 0.15) is 5.75 Å². The van der Waals surface area contributed by atoms with E-state index in [-0.39, 0.29) is 18.1 Å². The first-order chi connectivity index (χ1) is 11.6. The molecule has 1 unspecified atom stereocenters. The van der Waals surface area contributed by atoms with E-state index in [1.165, 1.54) is 19.1 Å². The zero-order chi connectivity index (χ0) is 18.8. The molecule has 1 N–H and O–H groups in total. The van der Waals surface area contributed by atoms with E-state index < -0.39 is 43.0 Å².